The molecule has 116 valence electrons. The van der Waals surface area contributed by atoms with Gasteiger partial charge in [0.2, 0.25) is 5.91 Å². The Bertz CT molecular complexity index is 337. The van der Waals surface area contributed by atoms with E-state index in [1.807, 2.05) is 0 Å². The minimum atomic E-state index is -0.444. The van der Waals surface area contributed by atoms with Gasteiger partial charge in [0, 0.05) is 38.8 Å². The van der Waals surface area contributed by atoms with Crippen molar-refractivity contribution in [1.29, 1.82) is 0 Å². The van der Waals surface area contributed by atoms with Crippen LogP contribution in [0, 0.1) is 0 Å². The lowest BCUT2D eigenvalue weighted by Gasteiger charge is -2.38. The molecule has 1 fully saturated rings. The highest BCUT2D eigenvalue weighted by atomic mass is 16.2. The lowest BCUT2D eigenvalue weighted by atomic mass is 10.1. The van der Waals surface area contributed by atoms with E-state index in [9.17, 15) is 9.59 Å². The van der Waals surface area contributed by atoms with E-state index in [1.54, 1.807) is 13.8 Å². The second kappa shape index (κ2) is 8.18. The minimum absolute atomic E-state index is 0.303. The molecule has 0 aromatic heterocycles. The first kappa shape index (κ1) is 16.9. The third-order valence-corrected chi connectivity index (χ3v) is 3.61. The van der Waals surface area contributed by atoms with Gasteiger partial charge in [0.25, 0.3) is 0 Å². The number of rotatable bonds is 5. The summed E-state index contributed by atoms with van der Waals surface area (Å²) in [5.74, 6) is -0.303. The molecule has 3 N–H and O–H groups in total. The molecule has 1 rings (SSSR count). The van der Waals surface area contributed by atoms with Crippen LogP contribution in [0.25, 0.3) is 0 Å². The van der Waals surface area contributed by atoms with Gasteiger partial charge in [-0.05, 0) is 27.9 Å². The second-order valence-corrected chi connectivity index (χ2v) is 5.38. The third-order valence-electron chi connectivity index (χ3n) is 3.61. The van der Waals surface area contributed by atoms with Crippen molar-refractivity contribution < 1.29 is 9.59 Å². The van der Waals surface area contributed by atoms with E-state index >= 15 is 0 Å². The van der Waals surface area contributed by atoms with Crippen molar-refractivity contribution in [2.45, 2.75) is 25.9 Å². The number of likely N-dealkylation sites (N-methyl/N-ethyl adjacent to an activating group) is 2. The van der Waals surface area contributed by atoms with Gasteiger partial charge in [0.05, 0.1) is 6.04 Å². The lowest BCUT2D eigenvalue weighted by Crippen LogP contribution is -2.56. The molecule has 1 aliphatic heterocycles. The Balaban J connectivity index is 2.32. The van der Waals surface area contributed by atoms with Gasteiger partial charge >= 0.3 is 6.03 Å². The van der Waals surface area contributed by atoms with Crippen LogP contribution in [-0.4, -0.2) is 80.6 Å². The van der Waals surface area contributed by atoms with Crippen LogP contribution in [0.4, 0.5) is 4.79 Å². The van der Waals surface area contributed by atoms with Crippen LogP contribution in [-0.2, 0) is 4.79 Å². The number of nitrogens with one attached hydrogen (secondary N) is 3. The van der Waals surface area contributed by atoms with Crippen LogP contribution in [0.5, 0.6) is 0 Å². The SMILES string of the molecule is CCNC(=O)NC(=O)C(C)NCC1CN(C)CCN1C. The first-order valence-electron chi connectivity index (χ1n) is 7.14. The predicted molar refractivity (Wildman–Crippen MR) is 78.6 cm³/mol. The second-order valence-electron chi connectivity index (χ2n) is 5.38. The highest BCUT2D eigenvalue weighted by Gasteiger charge is 2.23. The Labute approximate surface area is 121 Å². The number of carbonyl (C=O) groups excluding carboxylic acids is 2. The summed E-state index contributed by atoms with van der Waals surface area (Å²) in [5, 5.41) is 8.04. The number of hydrogen-bond donors (Lipinski definition) is 3. The maximum atomic E-state index is 11.8. The molecule has 0 aliphatic carbocycles. The largest absolute Gasteiger partial charge is 0.338 e. The summed E-state index contributed by atoms with van der Waals surface area (Å²) in [7, 11) is 4.20. The molecule has 0 radical (unpaired) electrons. The molecule has 0 bridgehead atoms. The molecule has 3 amide bonds. The Morgan fingerprint density at radius 3 is 2.65 bits per heavy atom. The maximum absolute atomic E-state index is 11.8. The molecule has 0 saturated carbocycles. The van der Waals surface area contributed by atoms with E-state index < -0.39 is 12.1 Å². The van der Waals surface area contributed by atoms with Crippen molar-refractivity contribution in [3.8, 4) is 0 Å². The van der Waals surface area contributed by atoms with Crippen LogP contribution in [0.1, 0.15) is 13.8 Å². The predicted octanol–water partition coefficient (Wildman–Crippen LogP) is -0.944. The Morgan fingerprint density at radius 2 is 2.00 bits per heavy atom. The molecule has 7 nitrogen and oxygen atoms in total. The van der Waals surface area contributed by atoms with Gasteiger partial charge in [-0.15, -0.1) is 0 Å². The van der Waals surface area contributed by atoms with E-state index in [0.717, 1.165) is 26.2 Å². The summed E-state index contributed by atoms with van der Waals surface area (Å²) in [6, 6.07) is -0.452. The number of urea groups is 1. The number of amides is 3. The zero-order valence-electron chi connectivity index (χ0n) is 12.9. The molecular formula is C13H27N5O2. The van der Waals surface area contributed by atoms with Crippen molar-refractivity contribution in [2.24, 2.45) is 0 Å². The van der Waals surface area contributed by atoms with Gasteiger partial charge in [-0.1, -0.05) is 0 Å². The molecule has 1 saturated heterocycles. The van der Waals surface area contributed by atoms with Crippen molar-refractivity contribution in [2.75, 3.05) is 46.8 Å². The van der Waals surface area contributed by atoms with Gasteiger partial charge in [-0.2, -0.15) is 0 Å². The molecule has 0 spiro atoms. The van der Waals surface area contributed by atoms with Gasteiger partial charge in [0.15, 0.2) is 0 Å². The summed E-state index contributed by atoms with van der Waals surface area (Å²) in [6.45, 7) is 7.88. The van der Waals surface area contributed by atoms with Gasteiger partial charge in [-0.3, -0.25) is 15.0 Å². The Hall–Kier alpha value is -1.18. The summed E-state index contributed by atoms with van der Waals surface area (Å²) >= 11 is 0. The van der Waals surface area contributed by atoms with Gasteiger partial charge in [0.1, 0.15) is 0 Å². The molecule has 2 atom stereocenters. The van der Waals surface area contributed by atoms with Gasteiger partial charge in [-0.25, -0.2) is 4.79 Å². The van der Waals surface area contributed by atoms with Crippen LogP contribution >= 0.6 is 0 Å². The van der Waals surface area contributed by atoms with Crippen LogP contribution in [0.3, 0.4) is 0 Å². The van der Waals surface area contributed by atoms with Crippen molar-refractivity contribution in [1.82, 2.24) is 25.8 Å². The van der Waals surface area contributed by atoms with Crippen LogP contribution in [0.15, 0.2) is 0 Å². The lowest BCUT2D eigenvalue weighted by molar-refractivity contribution is -0.121. The minimum Gasteiger partial charge on any atom is -0.338 e. The average molecular weight is 285 g/mol. The Kier molecular flexibility index (Phi) is 6.90. The number of nitrogens with zero attached hydrogens (tertiary/aromatic N) is 2. The highest BCUT2D eigenvalue weighted by Crippen LogP contribution is 2.04. The first-order valence-corrected chi connectivity index (χ1v) is 7.14. The monoisotopic (exact) mass is 285 g/mol. The zero-order chi connectivity index (χ0) is 15.1. The molecule has 20 heavy (non-hydrogen) atoms. The van der Waals surface area contributed by atoms with Crippen LogP contribution in [0.2, 0.25) is 0 Å². The van der Waals surface area contributed by atoms with E-state index in [0.29, 0.717) is 12.6 Å². The molecule has 0 aromatic carbocycles. The topological polar surface area (TPSA) is 76.7 Å². The van der Waals surface area contributed by atoms with Crippen molar-refractivity contribution >= 4 is 11.9 Å². The van der Waals surface area contributed by atoms with E-state index in [1.165, 1.54) is 0 Å². The van der Waals surface area contributed by atoms with Crippen molar-refractivity contribution in [3.63, 3.8) is 0 Å². The summed E-state index contributed by atoms with van der Waals surface area (Å²) in [5.41, 5.74) is 0. The molecule has 1 aliphatic rings. The van der Waals surface area contributed by atoms with E-state index in [2.05, 4.69) is 39.8 Å². The van der Waals surface area contributed by atoms with Crippen LogP contribution < -0.4 is 16.0 Å². The maximum Gasteiger partial charge on any atom is 0.321 e. The number of imide groups is 1. The average Bonchev–Trinajstić information content (AvgIpc) is 2.39. The molecular weight excluding hydrogens is 258 g/mol. The molecule has 2 unspecified atom stereocenters. The fraction of sp³-hybridized carbons (Fsp3) is 0.846. The normalized spacial score (nSPS) is 22.3. The molecule has 1 heterocycles. The standard InChI is InChI=1S/C13H27N5O2/c1-5-14-13(20)16-12(19)10(2)15-8-11-9-17(3)6-7-18(11)4/h10-11,15H,5-9H2,1-4H3,(H2,14,16,19,20). The summed E-state index contributed by atoms with van der Waals surface area (Å²) in [6.07, 6.45) is 0. The zero-order valence-corrected chi connectivity index (χ0v) is 12.9. The van der Waals surface area contributed by atoms with E-state index in [-0.39, 0.29) is 5.91 Å². The smallest absolute Gasteiger partial charge is 0.321 e. The Morgan fingerprint density at radius 1 is 1.30 bits per heavy atom. The third kappa shape index (κ3) is 5.44. The summed E-state index contributed by atoms with van der Waals surface area (Å²) < 4.78 is 0. The molecule has 0 aromatic rings. The number of hydrogen-bond acceptors (Lipinski definition) is 5. The van der Waals surface area contributed by atoms with Gasteiger partial charge < -0.3 is 15.5 Å². The van der Waals surface area contributed by atoms with Crippen molar-refractivity contribution in [3.05, 3.63) is 0 Å². The number of piperazine rings is 1. The fourth-order valence-electron chi connectivity index (χ4n) is 2.15. The molecule has 7 heteroatoms. The number of carbonyl (C=O) groups is 2. The quantitative estimate of drug-likeness (QED) is 0.607. The first-order chi connectivity index (χ1) is 9.43. The summed E-state index contributed by atoms with van der Waals surface area (Å²) in [4.78, 5) is 27.6. The highest BCUT2D eigenvalue weighted by molar-refractivity contribution is 5.96. The van der Waals surface area contributed by atoms with E-state index in [4.69, 9.17) is 0 Å². The fourth-order valence-corrected chi connectivity index (χ4v) is 2.15.